The topological polar surface area (TPSA) is 130 Å². The lowest BCUT2D eigenvalue weighted by molar-refractivity contribution is -0.132. The molecule has 186 valence electrons. The Hall–Kier alpha value is -4.28. The number of hydrogen-bond donors (Lipinski definition) is 2. The largest absolute Gasteiger partial charge is 0.507 e. The molecular weight excluding hydrogens is 518 g/mol. The fraction of sp³-hybridized carbons (Fsp3) is 0.115. The summed E-state index contributed by atoms with van der Waals surface area (Å²) in [5.41, 5.74) is 0.770. The van der Waals surface area contributed by atoms with Crippen molar-refractivity contribution in [3.63, 3.8) is 0 Å². The van der Waals surface area contributed by atoms with Crippen molar-refractivity contribution in [1.82, 2.24) is 9.97 Å². The molecule has 4 aromatic rings. The summed E-state index contributed by atoms with van der Waals surface area (Å²) in [6, 6.07) is 12.9. The van der Waals surface area contributed by atoms with E-state index in [0.29, 0.717) is 28.3 Å². The number of rotatable bonds is 6. The fourth-order valence-corrected chi connectivity index (χ4v) is 5.32. The smallest absolute Gasteiger partial charge is 0.335 e. The number of thiazole rings is 1. The number of aliphatic hydroxyl groups is 1. The first-order valence-corrected chi connectivity index (χ1v) is 12.3. The Kier molecular flexibility index (Phi) is 6.36. The van der Waals surface area contributed by atoms with E-state index < -0.39 is 29.5 Å². The van der Waals surface area contributed by atoms with E-state index in [9.17, 15) is 24.6 Å². The van der Waals surface area contributed by atoms with E-state index in [1.165, 1.54) is 41.4 Å². The maximum atomic E-state index is 13.4. The molecule has 3 heterocycles. The summed E-state index contributed by atoms with van der Waals surface area (Å²) in [7, 11) is 0. The summed E-state index contributed by atoms with van der Waals surface area (Å²) < 4.78 is 6.02. The number of aromatic carboxylic acids is 1. The van der Waals surface area contributed by atoms with Crippen LogP contribution in [0.2, 0.25) is 5.02 Å². The fourth-order valence-electron chi connectivity index (χ4n) is 4.08. The molecule has 1 aliphatic rings. The normalized spacial score (nSPS) is 16.9. The Bertz CT molecular complexity index is 1600. The number of aliphatic hydroxyl groups excluding tert-OH is 1. The molecule has 9 nitrogen and oxygen atoms in total. The highest BCUT2D eigenvalue weighted by Crippen LogP contribution is 2.44. The molecule has 1 atom stereocenters. The van der Waals surface area contributed by atoms with Gasteiger partial charge in [-0.25, -0.2) is 9.78 Å². The number of amides is 1. The number of fused-ring (bicyclic) bond motifs is 1. The quantitative estimate of drug-likeness (QED) is 0.199. The predicted molar refractivity (Wildman–Crippen MR) is 138 cm³/mol. The van der Waals surface area contributed by atoms with Crippen LogP contribution in [0.25, 0.3) is 16.0 Å². The van der Waals surface area contributed by atoms with Crippen molar-refractivity contribution in [2.24, 2.45) is 0 Å². The number of carbonyl (C=O) groups excluding carboxylic acids is 2. The molecule has 0 radical (unpaired) electrons. The van der Waals surface area contributed by atoms with E-state index in [1.807, 2.05) is 0 Å². The first-order valence-electron chi connectivity index (χ1n) is 11.1. The third-order valence-electron chi connectivity index (χ3n) is 5.75. The second kappa shape index (κ2) is 9.64. The van der Waals surface area contributed by atoms with Crippen molar-refractivity contribution >= 4 is 61.7 Å². The Balaban J connectivity index is 1.71. The van der Waals surface area contributed by atoms with Gasteiger partial charge in [0.2, 0.25) is 0 Å². The van der Waals surface area contributed by atoms with Crippen molar-refractivity contribution < 1.29 is 29.3 Å². The number of halogens is 1. The van der Waals surface area contributed by atoms with Crippen molar-refractivity contribution in [3.05, 3.63) is 88.2 Å². The van der Waals surface area contributed by atoms with Crippen molar-refractivity contribution in [3.8, 4) is 5.75 Å². The molecule has 1 aliphatic heterocycles. The highest BCUT2D eigenvalue weighted by Gasteiger charge is 2.49. The number of anilines is 1. The van der Waals surface area contributed by atoms with Crippen LogP contribution in [0.4, 0.5) is 5.13 Å². The number of carbonyl (C=O) groups is 3. The van der Waals surface area contributed by atoms with Gasteiger partial charge in [0.15, 0.2) is 5.13 Å². The van der Waals surface area contributed by atoms with Crippen LogP contribution in [0.3, 0.4) is 0 Å². The van der Waals surface area contributed by atoms with Gasteiger partial charge in [-0.2, -0.15) is 0 Å². The second-order valence-electron chi connectivity index (χ2n) is 7.98. The van der Waals surface area contributed by atoms with E-state index in [2.05, 4.69) is 9.97 Å². The molecular formula is C26H18ClN3O6S. The molecule has 1 fully saturated rings. The SMILES string of the molecule is CCOc1ccc(Cl)c(/C(O)=C2\C(=O)C(=O)N(c3nc4ccc(C(=O)O)cc4s3)C2c2ccccn2)c1. The van der Waals surface area contributed by atoms with E-state index in [-0.39, 0.29) is 26.9 Å². The van der Waals surface area contributed by atoms with Gasteiger partial charge in [-0.1, -0.05) is 29.0 Å². The molecule has 0 aliphatic carbocycles. The second-order valence-corrected chi connectivity index (χ2v) is 9.40. The molecule has 1 amide bonds. The van der Waals surface area contributed by atoms with E-state index in [1.54, 1.807) is 31.2 Å². The van der Waals surface area contributed by atoms with Gasteiger partial charge in [0.1, 0.15) is 17.6 Å². The standard InChI is InChI=1S/C26H18ClN3O6S/c1-2-36-14-7-8-16(27)15(12-14)22(31)20-21(18-5-3-4-10-28-18)30(24(33)23(20)32)26-29-17-9-6-13(25(34)35)11-19(17)37-26/h3-12,21,31H,2H2,1H3,(H,34,35)/b22-20+. The maximum Gasteiger partial charge on any atom is 0.335 e. The van der Waals surface area contributed by atoms with E-state index >= 15 is 0 Å². The summed E-state index contributed by atoms with van der Waals surface area (Å²) in [6.07, 6.45) is 1.51. The van der Waals surface area contributed by atoms with Gasteiger partial charge in [-0.15, -0.1) is 0 Å². The molecule has 37 heavy (non-hydrogen) atoms. The molecule has 1 saturated heterocycles. The van der Waals surface area contributed by atoms with Gasteiger partial charge in [-0.3, -0.25) is 19.5 Å². The average molecular weight is 536 g/mol. The van der Waals surface area contributed by atoms with E-state index in [4.69, 9.17) is 16.3 Å². The number of Topliss-reactive ketones (excluding diaryl/α,β-unsaturated/α-hetero) is 1. The summed E-state index contributed by atoms with van der Waals surface area (Å²) in [6.45, 7) is 2.18. The van der Waals surface area contributed by atoms with Crippen LogP contribution in [-0.4, -0.2) is 44.4 Å². The van der Waals surface area contributed by atoms with Crippen molar-refractivity contribution in [2.45, 2.75) is 13.0 Å². The lowest BCUT2D eigenvalue weighted by Gasteiger charge is -2.22. The zero-order chi connectivity index (χ0) is 26.3. The number of carboxylic acid groups (broad SMARTS) is 1. The van der Waals surface area contributed by atoms with Crippen molar-refractivity contribution in [1.29, 1.82) is 0 Å². The monoisotopic (exact) mass is 535 g/mol. The molecule has 0 saturated carbocycles. The number of ether oxygens (including phenoxy) is 1. The van der Waals surface area contributed by atoms with Gasteiger partial charge in [0.05, 0.1) is 38.7 Å². The Labute approximate surface area is 219 Å². The minimum atomic E-state index is -1.10. The van der Waals surface area contributed by atoms with Gasteiger partial charge in [-0.05, 0) is 55.5 Å². The van der Waals surface area contributed by atoms with Crippen LogP contribution in [0, 0.1) is 0 Å². The number of benzene rings is 2. The first-order chi connectivity index (χ1) is 17.8. The molecule has 2 aromatic heterocycles. The maximum absolute atomic E-state index is 13.4. The van der Waals surface area contributed by atoms with Crippen LogP contribution in [0.5, 0.6) is 5.75 Å². The molecule has 0 spiro atoms. The zero-order valence-electron chi connectivity index (χ0n) is 19.2. The number of aromatic nitrogens is 2. The highest BCUT2D eigenvalue weighted by atomic mass is 35.5. The summed E-state index contributed by atoms with van der Waals surface area (Å²) in [5, 5.41) is 21.0. The van der Waals surface area contributed by atoms with Gasteiger partial charge in [0, 0.05) is 11.8 Å². The Morgan fingerprint density at radius 1 is 1.14 bits per heavy atom. The molecule has 0 bridgehead atoms. The molecule has 1 unspecified atom stereocenters. The molecule has 2 aromatic carbocycles. The molecule has 2 N–H and O–H groups in total. The first kappa shape index (κ1) is 24.4. The third kappa shape index (κ3) is 4.30. The summed E-state index contributed by atoms with van der Waals surface area (Å²) in [5.74, 6) is -2.99. The van der Waals surface area contributed by atoms with Crippen LogP contribution in [0.1, 0.15) is 34.6 Å². The van der Waals surface area contributed by atoms with Gasteiger partial charge < -0.3 is 14.9 Å². The number of pyridine rings is 1. The Morgan fingerprint density at radius 2 is 1.95 bits per heavy atom. The van der Waals surface area contributed by atoms with Crippen LogP contribution >= 0.6 is 22.9 Å². The number of carboxylic acids is 1. The Morgan fingerprint density at radius 3 is 2.65 bits per heavy atom. The number of nitrogens with zero attached hydrogens (tertiary/aromatic N) is 3. The molecule has 11 heteroatoms. The minimum absolute atomic E-state index is 0.0647. The van der Waals surface area contributed by atoms with Crippen LogP contribution in [-0.2, 0) is 9.59 Å². The summed E-state index contributed by atoms with van der Waals surface area (Å²) >= 11 is 7.41. The summed E-state index contributed by atoms with van der Waals surface area (Å²) in [4.78, 5) is 48.1. The predicted octanol–water partition coefficient (Wildman–Crippen LogP) is 5.07. The van der Waals surface area contributed by atoms with E-state index in [0.717, 1.165) is 11.3 Å². The zero-order valence-corrected chi connectivity index (χ0v) is 20.8. The van der Waals surface area contributed by atoms with Gasteiger partial charge >= 0.3 is 11.9 Å². The average Bonchev–Trinajstić information content (AvgIpc) is 3.43. The lowest BCUT2D eigenvalue weighted by Crippen LogP contribution is -2.29. The highest BCUT2D eigenvalue weighted by molar-refractivity contribution is 7.22. The van der Waals surface area contributed by atoms with Crippen molar-refractivity contribution in [2.75, 3.05) is 11.5 Å². The molecule has 5 rings (SSSR count). The number of hydrogen-bond acceptors (Lipinski definition) is 8. The van der Waals surface area contributed by atoms with Crippen LogP contribution < -0.4 is 9.64 Å². The van der Waals surface area contributed by atoms with Crippen LogP contribution in [0.15, 0.2) is 66.4 Å². The third-order valence-corrected chi connectivity index (χ3v) is 7.09. The van der Waals surface area contributed by atoms with Gasteiger partial charge in [0.25, 0.3) is 5.78 Å². The number of ketones is 1. The minimum Gasteiger partial charge on any atom is -0.507 e. The lowest BCUT2D eigenvalue weighted by atomic mass is 9.98.